The Morgan fingerprint density at radius 2 is 2.25 bits per heavy atom. The van der Waals surface area contributed by atoms with E-state index >= 15 is 0 Å². The number of ether oxygens (including phenoxy) is 2. The highest BCUT2D eigenvalue weighted by molar-refractivity contribution is 4.78. The summed E-state index contributed by atoms with van der Waals surface area (Å²) in [5, 5.41) is 3.60. The topological polar surface area (TPSA) is 30.5 Å². The van der Waals surface area contributed by atoms with Gasteiger partial charge in [-0.25, -0.2) is 0 Å². The maximum absolute atomic E-state index is 5.62. The van der Waals surface area contributed by atoms with Crippen molar-refractivity contribution in [3.05, 3.63) is 0 Å². The van der Waals surface area contributed by atoms with Crippen LogP contribution in [0.4, 0.5) is 0 Å². The first-order chi connectivity index (χ1) is 7.90. The number of nitrogens with one attached hydrogen (secondary N) is 1. The zero-order valence-electron chi connectivity index (χ0n) is 10.4. The molecule has 0 aromatic heterocycles. The minimum Gasteiger partial charge on any atom is -0.381 e. The third kappa shape index (κ3) is 4.04. The molecular formula is C13H25NO2. The lowest BCUT2D eigenvalue weighted by molar-refractivity contribution is 0.120. The lowest BCUT2D eigenvalue weighted by Gasteiger charge is -2.22. The highest BCUT2D eigenvalue weighted by Gasteiger charge is 2.24. The summed E-state index contributed by atoms with van der Waals surface area (Å²) in [6.45, 7) is 6.96. The Kier molecular flexibility index (Phi) is 5.07. The van der Waals surface area contributed by atoms with Gasteiger partial charge in [0.15, 0.2) is 0 Å². The van der Waals surface area contributed by atoms with Crippen LogP contribution >= 0.6 is 0 Å². The summed E-state index contributed by atoms with van der Waals surface area (Å²) in [5.41, 5.74) is 0. The van der Waals surface area contributed by atoms with Crippen molar-refractivity contribution in [3.8, 4) is 0 Å². The van der Waals surface area contributed by atoms with Gasteiger partial charge in [-0.2, -0.15) is 0 Å². The first-order valence-electron chi connectivity index (χ1n) is 6.79. The van der Waals surface area contributed by atoms with Crippen molar-refractivity contribution in [1.82, 2.24) is 5.32 Å². The van der Waals surface area contributed by atoms with Crippen LogP contribution in [0, 0.1) is 11.8 Å². The second-order valence-corrected chi connectivity index (χ2v) is 5.11. The van der Waals surface area contributed by atoms with Crippen molar-refractivity contribution in [1.29, 1.82) is 0 Å². The SMILES string of the molecule is CCC(NCCOCC1CC1)C1CCOC1. The van der Waals surface area contributed by atoms with Crippen molar-refractivity contribution in [2.45, 2.75) is 38.6 Å². The van der Waals surface area contributed by atoms with Crippen LogP contribution in [0.15, 0.2) is 0 Å². The molecule has 1 saturated carbocycles. The second-order valence-electron chi connectivity index (χ2n) is 5.11. The lowest BCUT2D eigenvalue weighted by atomic mass is 9.97. The molecule has 2 unspecified atom stereocenters. The Bertz CT molecular complexity index is 188. The van der Waals surface area contributed by atoms with Crippen molar-refractivity contribution in [2.24, 2.45) is 11.8 Å². The van der Waals surface area contributed by atoms with Gasteiger partial charge in [0.2, 0.25) is 0 Å². The van der Waals surface area contributed by atoms with Gasteiger partial charge in [-0.1, -0.05) is 6.92 Å². The minimum atomic E-state index is 0.618. The molecule has 1 N–H and O–H groups in total. The molecule has 3 nitrogen and oxygen atoms in total. The van der Waals surface area contributed by atoms with E-state index in [4.69, 9.17) is 9.47 Å². The smallest absolute Gasteiger partial charge is 0.0591 e. The number of hydrogen-bond acceptors (Lipinski definition) is 3. The fraction of sp³-hybridized carbons (Fsp3) is 1.00. The summed E-state index contributed by atoms with van der Waals surface area (Å²) in [7, 11) is 0. The summed E-state index contributed by atoms with van der Waals surface area (Å²) in [5.74, 6) is 1.60. The van der Waals surface area contributed by atoms with Crippen molar-refractivity contribution in [2.75, 3.05) is 33.0 Å². The van der Waals surface area contributed by atoms with Crippen LogP contribution in [0.1, 0.15) is 32.6 Å². The highest BCUT2D eigenvalue weighted by Crippen LogP contribution is 2.28. The van der Waals surface area contributed by atoms with Crippen molar-refractivity contribution < 1.29 is 9.47 Å². The second kappa shape index (κ2) is 6.58. The van der Waals surface area contributed by atoms with E-state index < -0.39 is 0 Å². The molecule has 0 bridgehead atoms. The summed E-state index contributed by atoms with van der Waals surface area (Å²) >= 11 is 0. The molecule has 0 radical (unpaired) electrons. The average molecular weight is 227 g/mol. The molecule has 2 fully saturated rings. The van der Waals surface area contributed by atoms with Crippen molar-refractivity contribution >= 4 is 0 Å². The van der Waals surface area contributed by atoms with Gasteiger partial charge in [-0.3, -0.25) is 0 Å². The Hall–Kier alpha value is -0.120. The van der Waals surface area contributed by atoms with Crippen LogP contribution in [0.25, 0.3) is 0 Å². The molecule has 2 aliphatic rings. The Balaban J connectivity index is 1.51. The van der Waals surface area contributed by atoms with Gasteiger partial charge < -0.3 is 14.8 Å². The molecule has 0 aromatic rings. The van der Waals surface area contributed by atoms with Gasteiger partial charge >= 0.3 is 0 Å². The normalized spacial score (nSPS) is 27.2. The third-order valence-corrected chi connectivity index (χ3v) is 3.68. The molecule has 1 aliphatic heterocycles. The van der Waals surface area contributed by atoms with E-state index in [1.54, 1.807) is 0 Å². The molecule has 1 heterocycles. The van der Waals surface area contributed by atoms with Crippen LogP contribution in [0.5, 0.6) is 0 Å². The largest absolute Gasteiger partial charge is 0.381 e. The average Bonchev–Trinajstić information content (AvgIpc) is 2.97. The zero-order valence-corrected chi connectivity index (χ0v) is 10.4. The standard InChI is InChI=1S/C13H25NO2/c1-2-13(12-5-7-15-10-12)14-6-8-16-9-11-3-4-11/h11-14H,2-10H2,1H3. The molecule has 1 aliphatic carbocycles. The van der Waals surface area contributed by atoms with E-state index in [-0.39, 0.29) is 0 Å². The maximum Gasteiger partial charge on any atom is 0.0591 e. The van der Waals surface area contributed by atoms with Crippen LogP contribution in [0.2, 0.25) is 0 Å². The highest BCUT2D eigenvalue weighted by atomic mass is 16.5. The van der Waals surface area contributed by atoms with Crippen LogP contribution in [-0.4, -0.2) is 39.0 Å². The summed E-state index contributed by atoms with van der Waals surface area (Å²) in [6.07, 6.45) is 5.17. The third-order valence-electron chi connectivity index (χ3n) is 3.68. The van der Waals surface area contributed by atoms with Gasteiger partial charge in [0.1, 0.15) is 0 Å². The van der Waals surface area contributed by atoms with E-state index in [2.05, 4.69) is 12.2 Å². The van der Waals surface area contributed by atoms with E-state index in [1.807, 2.05) is 0 Å². The van der Waals surface area contributed by atoms with E-state index in [1.165, 1.54) is 25.7 Å². The van der Waals surface area contributed by atoms with E-state index in [0.717, 1.165) is 38.9 Å². The first-order valence-corrected chi connectivity index (χ1v) is 6.79. The molecule has 94 valence electrons. The molecule has 1 saturated heterocycles. The quantitative estimate of drug-likeness (QED) is 0.642. The maximum atomic E-state index is 5.62. The monoisotopic (exact) mass is 227 g/mol. The Morgan fingerprint density at radius 1 is 1.38 bits per heavy atom. The van der Waals surface area contributed by atoms with Crippen molar-refractivity contribution in [3.63, 3.8) is 0 Å². The molecule has 0 aromatic carbocycles. The fourth-order valence-corrected chi connectivity index (χ4v) is 2.37. The van der Waals surface area contributed by atoms with Crippen LogP contribution < -0.4 is 5.32 Å². The van der Waals surface area contributed by atoms with Gasteiger partial charge in [-0.15, -0.1) is 0 Å². The van der Waals surface area contributed by atoms with Crippen LogP contribution in [0.3, 0.4) is 0 Å². The van der Waals surface area contributed by atoms with E-state index in [9.17, 15) is 0 Å². The van der Waals surface area contributed by atoms with E-state index in [0.29, 0.717) is 12.0 Å². The molecule has 2 atom stereocenters. The molecule has 0 amide bonds. The van der Waals surface area contributed by atoms with Gasteiger partial charge in [0.05, 0.1) is 13.2 Å². The van der Waals surface area contributed by atoms with Gasteiger partial charge in [0, 0.05) is 25.8 Å². The minimum absolute atomic E-state index is 0.618. The molecular weight excluding hydrogens is 202 g/mol. The number of rotatable bonds is 8. The summed E-state index contributed by atoms with van der Waals surface area (Å²) < 4.78 is 11.1. The zero-order chi connectivity index (χ0) is 11.2. The van der Waals surface area contributed by atoms with Gasteiger partial charge in [0.25, 0.3) is 0 Å². The van der Waals surface area contributed by atoms with Gasteiger partial charge in [-0.05, 0) is 37.5 Å². The molecule has 3 heteroatoms. The number of hydrogen-bond donors (Lipinski definition) is 1. The lowest BCUT2D eigenvalue weighted by Crippen LogP contribution is -2.38. The Labute approximate surface area is 98.9 Å². The fourth-order valence-electron chi connectivity index (χ4n) is 2.37. The predicted octanol–water partition coefficient (Wildman–Crippen LogP) is 1.82. The molecule has 0 spiro atoms. The molecule has 2 rings (SSSR count). The Morgan fingerprint density at radius 3 is 2.88 bits per heavy atom. The molecule has 16 heavy (non-hydrogen) atoms. The first kappa shape index (κ1) is 12.3. The van der Waals surface area contributed by atoms with Crippen LogP contribution in [-0.2, 0) is 9.47 Å². The predicted molar refractivity (Wildman–Crippen MR) is 64.6 cm³/mol. The summed E-state index contributed by atoms with van der Waals surface area (Å²) in [4.78, 5) is 0. The summed E-state index contributed by atoms with van der Waals surface area (Å²) in [6, 6.07) is 0.618.